The number of halogens is 2. The van der Waals surface area contributed by atoms with Crippen molar-refractivity contribution in [2.24, 2.45) is 5.92 Å². The van der Waals surface area contributed by atoms with Crippen LogP contribution in [0, 0.1) is 5.92 Å². The van der Waals surface area contributed by atoms with Gasteiger partial charge in [0.2, 0.25) is 11.8 Å². The van der Waals surface area contributed by atoms with E-state index < -0.39 is 18.1 Å². The maximum absolute atomic E-state index is 12.7. The number of anilines is 1. The van der Waals surface area contributed by atoms with Crippen LogP contribution in [-0.2, 0) is 9.59 Å². The Morgan fingerprint density at radius 2 is 2.11 bits per heavy atom. The number of rotatable bonds is 4. The van der Waals surface area contributed by atoms with Gasteiger partial charge in [0.25, 0.3) is 0 Å². The zero-order chi connectivity index (χ0) is 19.7. The molecule has 0 aliphatic carbocycles. The van der Waals surface area contributed by atoms with E-state index in [1.165, 1.54) is 6.07 Å². The predicted octanol–water partition coefficient (Wildman–Crippen LogP) is 2.63. The molecule has 4 atom stereocenters. The molecule has 4 amide bonds. The van der Waals surface area contributed by atoms with Crippen molar-refractivity contribution in [2.45, 2.75) is 44.8 Å². The Kier molecular flexibility index (Phi) is 5.81. The van der Waals surface area contributed by atoms with Crippen LogP contribution in [0.1, 0.15) is 26.7 Å². The summed E-state index contributed by atoms with van der Waals surface area (Å²) in [5, 5.41) is 9.09. The number of amides is 4. The quantitative estimate of drug-likeness (QED) is 0.709. The maximum Gasteiger partial charge on any atom is 0.319 e. The fourth-order valence-electron chi connectivity index (χ4n) is 3.48. The number of benzene rings is 1. The number of hydrogen-bond donors (Lipinski definition) is 3. The molecule has 0 spiro atoms. The summed E-state index contributed by atoms with van der Waals surface area (Å²) in [6, 6.07) is 2.96. The standard InChI is InChI=1S/C18H22Cl2N4O3/c1-3-9(2)15-17(26)24-8-11(7-14(24)16(25)23-15)21-18(27)22-13-5-4-10(19)6-12(13)20/h4-6,9,11,14-15H,3,7-8H2,1-2H3,(H,23,25)(H2,21,22,27)/t9-,11-,14-,15-/m0/s1. The number of piperazine rings is 1. The van der Waals surface area contributed by atoms with Crippen molar-refractivity contribution in [3.63, 3.8) is 0 Å². The summed E-state index contributed by atoms with van der Waals surface area (Å²) < 4.78 is 0. The second-order valence-corrected chi connectivity index (χ2v) is 7.88. The van der Waals surface area contributed by atoms with E-state index in [0.717, 1.165) is 6.42 Å². The minimum Gasteiger partial charge on any atom is -0.342 e. The van der Waals surface area contributed by atoms with Crippen molar-refractivity contribution in [1.82, 2.24) is 15.5 Å². The van der Waals surface area contributed by atoms with E-state index in [0.29, 0.717) is 28.7 Å². The molecule has 2 saturated heterocycles. The third-order valence-corrected chi connectivity index (χ3v) is 5.73. The van der Waals surface area contributed by atoms with Crippen LogP contribution in [-0.4, -0.2) is 47.4 Å². The Balaban J connectivity index is 1.62. The van der Waals surface area contributed by atoms with Crippen LogP contribution in [0.4, 0.5) is 10.5 Å². The van der Waals surface area contributed by atoms with Gasteiger partial charge in [-0.25, -0.2) is 4.79 Å². The highest BCUT2D eigenvalue weighted by Crippen LogP contribution is 2.27. The summed E-state index contributed by atoms with van der Waals surface area (Å²) in [6.45, 7) is 4.24. The molecule has 27 heavy (non-hydrogen) atoms. The number of nitrogens with one attached hydrogen (secondary N) is 3. The van der Waals surface area contributed by atoms with Crippen LogP contribution in [0.15, 0.2) is 18.2 Å². The molecule has 3 rings (SSSR count). The molecule has 1 aromatic carbocycles. The van der Waals surface area contributed by atoms with Gasteiger partial charge in [-0.05, 0) is 30.5 Å². The molecular formula is C18H22Cl2N4O3. The van der Waals surface area contributed by atoms with E-state index in [9.17, 15) is 14.4 Å². The maximum atomic E-state index is 12.7. The van der Waals surface area contributed by atoms with Crippen molar-refractivity contribution >= 4 is 46.7 Å². The summed E-state index contributed by atoms with van der Waals surface area (Å²) in [7, 11) is 0. The number of carbonyl (C=O) groups excluding carboxylic acids is 3. The monoisotopic (exact) mass is 412 g/mol. The van der Waals surface area contributed by atoms with Gasteiger partial charge in [-0.15, -0.1) is 0 Å². The van der Waals surface area contributed by atoms with Crippen molar-refractivity contribution in [2.75, 3.05) is 11.9 Å². The number of urea groups is 1. The van der Waals surface area contributed by atoms with Gasteiger partial charge in [-0.3, -0.25) is 9.59 Å². The van der Waals surface area contributed by atoms with Gasteiger partial charge in [0.1, 0.15) is 12.1 Å². The average molecular weight is 413 g/mol. The molecule has 2 aliphatic heterocycles. The van der Waals surface area contributed by atoms with Crippen molar-refractivity contribution in [1.29, 1.82) is 0 Å². The summed E-state index contributed by atoms with van der Waals surface area (Å²) >= 11 is 11.9. The molecule has 2 fully saturated rings. The topological polar surface area (TPSA) is 90.5 Å². The van der Waals surface area contributed by atoms with Crippen LogP contribution >= 0.6 is 23.2 Å². The first-order valence-corrected chi connectivity index (χ1v) is 9.69. The number of nitrogens with zero attached hydrogens (tertiary/aromatic N) is 1. The minimum atomic E-state index is -0.540. The molecule has 0 bridgehead atoms. The molecule has 146 valence electrons. The molecule has 2 heterocycles. The highest BCUT2D eigenvalue weighted by atomic mass is 35.5. The first kappa shape index (κ1) is 19.8. The zero-order valence-electron chi connectivity index (χ0n) is 15.1. The Labute approximate surface area is 167 Å². The van der Waals surface area contributed by atoms with Crippen LogP contribution in [0.2, 0.25) is 10.0 Å². The van der Waals surface area contributed by atoms with Gasteiger partial charge in [0.15, 0.2) is 0 Å². The van der Waals surface area contributed by atoms with E-state index >= 15 is 0 Å². The third kappa shape index (κ3) is 4.14. The second-order valence-electron chi connectivity index (χ2n) is 7.03. The van der Waals surface area contributed by atoms with Gasteiger partial charge in [-0.1, -0.05) is 43.5 Å². The summed E-state index contributed by atoms with van der Waals surface area (Å²) in [5.74, 6) is -0.186. The Hall–Kier alpha value is -1.99. The van der Waals surface area contributed by atoms with Crippen LogP contribution < -0.4 is 16.0 Å². The number of fused-ring (bicyclic) bond motifs is 1. The van der Waals surface area contributed by atoms with Gasteiger partial charge < -0.3 is 20.9 Å². The van der Waals surface area contributed by atoms with Gasteiger partial charge in [0, 0.05) is 11.6 Å². The first-order chi connectivity index (χ1) is 12.8. The molecule has 1 aromatic rings. The highest BCUT2D eigenvalue weighted by Gasteiger charge is 2.47. The van der Waals surface area contributed by atoms with Gasteiger partial charge >= 0.3 is 6.03 Å². The minimum absolute atomic E-state index is 0.0600. The lowest BCUT2D eigenvalue weighted by molar-refractivity contribution is -0.148. The number of hydrogen-bond acceptors (Lipinski definition) is 3. The molecule has 0 aromatic heterocycles. The Morgan fingerprint density at radius 1 is 1.37 bits per heavy atom. The summed E-state index contributed by atoms with van der Waals surface area (Å²) in [4.78, 5) is 38.9. The average Bonchev–Trinajstić information content (AvgIpc) is 3.04. The molecule has 0 radical (unpaired) electrons. The zero-order valence-corrected chi connectivity index (χ0v) is 16.6. The molecule has 2 aliphatic rings. The van der Waals surface area contributed by atoms with E-state index in [2.05, 4.69) is 16.0 Å². The molecule has 7 nitrogen and oxygen atoms in total. The summed E-state index contributed by atoms with van der Waals surface area (Å²) in [6.07, 6.45) is 1.17. The van der Waals surface area contributed by atoms with Crippen molar-refractivity contribution < 1.29 is 14.4 Å². The van der Waals surface area contributed by atoms with Gasteiger partial charge in [-0.2, -0.15) is 0 Å². The molecule has 0 saturated carbocycles. The molecule has 3 N–H and O–H groups in total. The van der Waals surface area contributed by atoms with Crippen LogP contribution in [0.3, 0.4) is 0 Å². The highest BCUT2D eigenvalue weighted by molar-refractivity contribution is 6.36. The van der Waals surface area contributed by atoms with Crippen molar-refractivity contribution in [3.8, 4) is 0 Å². The van der Waals surface area contributed by atoms with E-state index in [-0.39, 0.29) is 23.8 Å². The fraction of sp³-hybridized carbons (Fsp3) is 0.500. The normalized spacial score (nSPS) is 25.6. The Bertz CT molecular complexity index is 773. The van der Waals surface area contributed by atoms with Crippen LogP contribution in [0.5, 0.6) is 0 Å². The fourth-order valence-corrected chi connectivity index (χ4v) is 3.93. The lowest BCUT2D eigenvalue weighted by Crippen LogP contribution is -2.62. The second kappa shape index (κ2) is 7.94. The van der Waals surface area contributed by atoms with E-state index in [1.54, 1.807) is 17.0 Å². The predicted molar refractivity (Wildman–Crippen MR) is 104 cm³/mol. The SMILES string of the molecule is CC[C@H](C)[C@@H]1NC(=O)[C@@H]2C[C@H](NC(=O)Nc3ccc(Cl)cc3Cl)CN2C1=O. The smallest absolute Gasteiger partial charge is 0.319 e. The molecule has 0 unspecified atom stereocenters. The molecular weight excluding hydrogens is 391 g/mol. The lowest BCUT2D eigenvalue weighted by Gasteiger charge is -2.36. The number of carbonyl (C=O) groups is 3. The third-order valence-electron chi connectivity index (χ3n) is 5.18. The van der Waals surface area contributed by atoms with E-state index in [4.69, 9.17) is 23.2 Å². The molecule has 9 heteroatoms. The summed E-state index contributed by atoms with van der Waals surface area (Å²) in [5.41, 5.74) is 0.431. The van der Waals surface area contributed by atoms with Gasteiger partial charge in [0.05, 0.1) is 16.8 Å². The Morgan fingerprint density at radius 3 is 2.78 bits per heavy atom. The van der Waals surface area contributed by atoms with Crippen molar-refractivity contribution in [3.05, 3.63) is 28.2 Å². The first-order valence-electron chi connectivity index (χ1n) is 8.93. The van der Waals surface area contributed by atoms with Crippen LogP contribution in [0.25, 0.3) is 0 Å². The largest absolute Gasteiger partial charge is 0.342 e. The lowest BCUT2D eigenvalue weighted by atomic mass is 9.95. The van der Waals surface area contributed by atoms with E-state index in [1.807, 2.05) is 13.8 Å².